The van der Waals surface area contributed by atoms with Crippen LogP contribution in [-0.2, 0) is 16.1 Å². The monoisotopic (exact) mass is 330 g/mol. The van der Waals surface area contributed by atoms with Gasteiger partial charge in [0.15, 0.2) is 0 Å². The molecule has 18 heavy (non-hydrogen) atoms. The molecule has 2 aromatic rings. The molecule has 1 heterocycles. The lowest BCUT2D eigenvalue weighted by Gasteiger charge is -2.09. The van der Waals surface area contributed by atoms with E-state index < -0.39 is 0 Å². The van der Waals surface area contributed by atoms with Gasteiger partial charge in [-0.25, -0.2) is 4.98 Å². The topological polar surface area (TPSA) is 44.1 Å². The van der Waals surface area contributed by atoms with Crippen molar-refractivity contribution in [2.24, 2.45) is 0 Å². The number of methoxy groups -OCH3 is 1. The number of alkyl halides is 1. The van der Waals surface area contributed by atoms with Crippen molar-refractivity contribution in [1.82, 2.24) is 9.55 Å². The lowest BCUT2D eigenvalue weighted by molar-refractivity contribution is -0.141. The number of carbonyl (C=O) groups is 1. The third-order valence-corrected chi connectivity index (χ3v) is 3.30. The molecule has 0 saturated carbocycles. The Balaban J connectivity index is 2.60. The normalized spacial score (nSPS) is 12.7. The van der Waals surface area contributed by atoms with Crippen molar-refractivity contribution < 1.29 is 9.53 Å². The summed E-state index contributed by atoms with van der Waals surface area (Å²) in [6, 6.07) is 5.70. The summed E-state index contributed by atoms with van der Waals surface area (Å²) in [5.74, 6) is 0.336. The highest BCUT2D eigenvalue weighted by Crippen LogP contribution is 2.26. The van der Waals surface area contributed by atoms with Crippen LogP contribution in [0.1, 0.15) is 18.1 Å². The highest BCUT2D eigenvalue weighted by Gasteiger charge is 2.17. The molecule has 0 saturated heterocycles. The summed E-state index contributed by atoms with van der Waals surface area (Å²) in [4.78, 5) is 15.9. The Morgan fingerprint density at radius 1 is 1.61 bits per heavy atom. The first-order valence-corrected chi connectivity index (χ1v) is 6.62. The first-order valence-electron chi connectivity index (χ1n) is 5.39. The van der Waals surface area contributed by atoms with Gasteiger partial charge in [-0.1, -0.05) is 15.9 Å². The van der Waals surface area contributed by atoms with E-state index in [0.29, 0.717) is 5.82 Å². The number of hydrogen-bond acceptors (Lipinski definition) is 3. The number of hydrogen-bond donors (Lipinski definition) is 0. The van der Waals surface area contributed by atoms with Crippen LogP contribution in [0.4, 0.5) is 0 Å². The van der Waals surface area contributed by atoms with Crippen molar-refractivity contribution in [3.63, 3.8) is 0 Å². The van der Waals surface area contributed by atoms with E-state index in [1.165, 1.54) is 7.11 Å². The van der Waals surface area contributed by atoms with E-state index in [2.05, 4.69) is 20.9 Å². The van der Waals surface area contributed by atoms with Gasteiger partial charge in [0.2, 0.25) is 0 Å². The minimum Gasteiger partial charge on any atom is -0.468 e. The quantitative estimate of drug-likeness (QED) is 0.640. The summed E-state index contributed by atoms with van der Waals surface area (Å²) >= 11 is 9.50. The molecule has 0 bridgehead atoms. The standard InChI is InChI=1S/C12H12BrClN2O2/c1-7(14)12-15-9-4-3-8(13)5-10(9)16(12)6-11(17)18-2/h3-5,7H,6H2,1-2H3. The number of aromatic nitrogens is 2. The Hall–Kier alpha value is -1.07. The first-order chi connectivity index (χ1) is 8.52. The average Bonchev–Trinajstić information content (AvgIpc) is 2.67. The minimum atomic E-state index is -0.326. The van der Waals surface area contributed by atoms with E-state index in [1.807, 2.05) is 25.1 Å². The van der Waals surface area contributed by atoms with Gasteiger partial charge in [0, 0.05) is 4.47 Å². The highest BCUT2D eigenvalue weighted by molar-refractivity contribution is 9.10. The maximum Gasteiger partial charge on any atom is 0.325 e. The third-order valence-electron chi connectivity index (χ3n) is 2.61. The number of rotatable bonds is 3. The minimum absolute atomic E-state index is 0.107. The molecule has 1 aromatic heterocycles. The largest absolute Gasteiger partial charge is 0.468 e. The fourth-order valence-electron chi connectivity index (χ4n) is 1.78. The number of halogens is 2. The second-order valence-electron chi connectivity index (χ2n) is 3.88. The fraction of sp³-hybridized carbons (Fsp3) is 0.333. The molecule has 0 aliphatic rings. The molecule has 4 nitrogen and oxygen atoms in total. The van der Waals surface area contributed by atoms with Crippen LogP contribution in [0.3, 0.4) is 0 Å². The van der Waals surface area contributed by atoms with E-state index >= 15 is 0 Å². The molecule has 0 aliphatic heterocycles. The number of imidazole rings is 1. The van der Waals surface area contributed by atoms with Crippen molar-refractivity contribution in [2.45, 2.75) is 18.8 Å². The molecule has 0 fully saturated rings. The maximum atomic E-state index is 11.5. The molecule has 0 aliphatic carbocycles. The van der Waals surface area contributed by atoms with Crippen molar-refractivity contribution in [2.75, 3.05) is 7.11 Å². The summed E-state index contributed by atoms with van der Waals surface area (Å²) < 4.78 is 7.40. The average molecular weight is 332 g/mol. The molecule has 0 amide bonds. The van der Waals surface area contributed by atoms with Crippen molar-refractivity contribution >= 4 is 44.5 Å². The van der Waals surface area contributed by atoms with Crippen LogP contribution in [0.15, 0.2) is 22.7 Å². The SMILES string of the molecule is COC(=O)Cn1c(C(C)Cl)nc2ccc(Br)cc21. The van der Waals surface area contributed by atoms with Crippen LogP contribution in [0.2, 0.25) is 0 Å². The summed E-state index contributed by atoms with van der Waals surface area (Å²) in [7, 11) is 1.36. The van der Waals surface area contributed by atoms with Crippen LogP contribution < -0.4 is 0 Å². The van der Waals surface area contributed by atoms with E-state index in [9.17, 15) is 4.79 Å². The van der Waals surface area contributed by atoms with Crippen molar-refractivity contribution in [1.29, 1.82) is 0 Å². The zero-order valence-electron chi connectivity index (χ0n) is 9.98. The Kier molecular flexibility index (Phi) is 3.92. The summed E-state index contributed by atoms with van der Waals surface area (Å²) in [6.45, 7) is 1.93. The molecule has 0 spiro atoms. The van der Waals surface area contributed by atoms with Crippen molar-refractivity contribution in [3.8, 4) is 0 Å². The first kappa shape index (κ1) is 13.4. The number of fused-ring (bicyclic) bond motifs is 1. The van der Waals surface area contributed by atoms with Gasteiger partial charge in [-0.15, -0.1) is 11.6 Å². The smallest absolute Gasteiger partial charge is 0.325 e. The van der Waals surface area contributed by atoms with Gasteiger partial charge < -0.3 is 9.30 Å². The summed E-state index contributed by atoms with van der Waals surface area (Å²) in [5, 5.41) is -0.277. The number of carbonyl (C=O) groups excluding carboxylic acids is 1. The lowest BCUT2D eigenvalue weighted by Crippen LogP contribution is -2.14. The van der Waals surface area contributed by atoms with Gasteiger partial charge >= 0.3 is 5.97 Å². The molecule has 1 atom stereocenters. The number of ether oxygens (including phenoxy) is 1. The molecule has 0 radical (unpaired) electrons. The van der Waals surface area contributed by atoms with E-state index in [0.717, 1.165) is 15.5 Å². The molecule has 96 valence electrons. The van der Waals surface area contributed by atoms with Gasteiger partial charge in [0.25, 0.3) is 0 Å². The van der Waals surface area contributed by atoms with Gasteiger partial charge in [-0.05, 0) is 25.1 Å². The van der Waals surface area contributed by atoms with Crippen LogP contribution in [0, 0.1) is 0 Å². The Bertz CT molecular complexity index is 595. The molecule has 1 unspecified atom stereocenters. The van der Waals surface area contributed by atoms with Gasteiger partial charge in [0.1, 0.15) is 12.4 Å². The van der Waals surface area contributed by atoms with Crippen LogP contribution in [-0.4, -0.2) is 22.6 Å². The van der Waals surface area contributed by atoms with Crippen molar-refractivity contribution in [3.05, 3.63) is 28.5 Å². The zero-order valence-corrected chi connectivity index (χ0v) is 12.3. The Labute approximate surface area is 118 Å². The molecule has 0 N–H and O–H groups in total. The zero-order chi connectivity index (χ0) is 13.3. The predicted octanol–water partition coefficient (Wildman–Crippen LogP) is 3.27. The molecule has 1 aromatic carbocycles. The summed E-state index contributed by atoms with van der Waals surface area (Å²) in [6.07, 6.45) is 0. The van der Waals surface area contributed by atoms with Crippen LogP contribution in [0.5, 0.6) is 0 Å². The molecular weight excluding hydrogens is 320 g/mol. The molecular formula is C12H12BrClN2O2. The molecule has 6 heteroatoms. The van der Waals surface area contributed by atoms with Gasteiger partial charge in [0.05, 0.1) is 23.5 Å². The van der Waals surface area contributed by atoms with Gasteiger partial charge in [-0.3, -0.25) is 4.79 Å². The Morgan fingerprint density at radius 3 is 2.94 bits per heavy atom. The van der Waals surface area contributed by atoms with E-state index in [-0.39, 0.29) is 17.9 Å². The van der Waals surface area contributed by atoms with E-state index in [4.69, 9.17) is 16.3 Å². The van der Waals surface area contributed by atoms with Crippen LogP contribution >= 0.6 is 27.5 Å². The second-order valence-corrected chi connectivity index (χ2v) is 5.45. The third kappa shape index (κ3) is 2.52. The predicted molar refractivity (Wildman–Crippen MR) is 73.7 cm³/mol. The molecule has 2 rings (SSSR count). The van der Waals surface area contributed by atoms with Gasteiger partial charge in [-0.2, -0.15) is 0 Å². The number of esters is 1. The number of benzene rings is 1. The van der Waals surface area contributed by atoms with E-state index in [1.54, 1.807) is 4.57 Å². The fourth-order valence-corrected chi connectivity index (χ4v) is 2.29. The van der Waals surface area contributed by atoms with Crippen LogP contribution in [0.25, 0.3) is 11.0 Å². The highest BCUT2D eigenvalue weighted by atomic mass is 79.9. The second kappa shape index (κ2) is 5.28. The lowest BCUT2D eigenvalue weighted by atomic mass is 10.3. The maximum absolute atomic E-state index is 11.5. The Morgan fingerprint density at radius 2 is 2.33 bits per heavy atom. The number of nitrogens with zero attached hydrogens (tertiary/aromatic N) is 2. The summed E-state index contributed by atoms with van der Waals surface area (Å²) in [5.41, 5.74) is 1.67.